The molecule has 1 N–H and O–H groups in total. The third-order valence-corrected chi connectivity index (χ3v) is 5.49. The van der Waals surface area contributed by atoms with Crippen LogP contribution in [-0.4, -0.2) is 33.3 Å². The summed E-state index contributed by atoms with van der Waals surface area (Å²) in [7, 11) is -2.02. The lowest BCUT2D eigenvalue weighted by molar-refractivity contribution is 0.569. The maximum absolute atomic E-state index is 13.1. The molecule has 0 spiro atoms. The van der Waals surface area contributed by atoms with E-state index in [-0.39, 0.29) is 0 Å². The van der Waals surface area contributed by atoms with Crippen molar-refractivity contribution in [1.82, 2.24) is 5.32 Å². The fourth-order valence-electron chi connectivity index (χ4n) is 1.81. The van der Waals surface area contributed by atoms with Crippen molar-refractivity contribution in [2.75, 3.05) is 17.9 Å². The van der Waals surface area contributed by atoms with Crippen LogP contribution in [0.1, 0.15) is 19.8 Å². The zero-order chi connectivity index (χ0) is 14.0. The number of nitrogens with one attached hydrogen (secondary N) is 1. The van der Waals surface area contributed by atoms with Crippen LogP contribution < -0.4 is 9.62 Å². The van der Waals surface area contributed by atoms with E-state index in [2.05, 4.69) is 5.32 Å². The van der Waals surface area contributed by atoms with E-state index in [0.29, 0.717) is 18.3 Å². The second-order valence-corrected chi connectivity index (χ2v) is 7.37. The molecular weight excluding hydrogens is 267 g/mol. The number of halogens is 1. The number of nitrogens with zero attached hydrogens (tertiary/aromatic N) is 1. The van der Waals surface area contributed by atoms with E-state index in [9.17, 15) is 12.8 Å². The normalized spacial score (nSPS) is 17.2. The quantitative estimate of drug-likeness (QED) is 0.866. The van der Waals surface area contributed by atoms with Gasteiger partial charge in [-0.2, -0.15) is 0 Å². The topological polar surface area (TPSA) is 49.4 Å². The molecule has 0 saturated heterocycles. The minimum Gasteiger partial charge on any atom is -0.313 e. The van der Waals surface area contributed by atoms with Gasteiger partial charge in [-0.3, -0.25) is 4.31 Å². The van der Waals surface area contributed by atoms with E-state index in [1.807, 2.05) is 0 Å². The lowest BCUT2D eigenvalue weighted by Gasteiger charge is -2.24. The number of hydrogen-bond acceptors (Lipinski definition) is 3. The number of anilines is 1. The van der Waals surface area contributed by atoms with Crippen molar-refractivity contribution >= 4 is 15.7 Å². The van der Waals surface area contributed by atoms with Crippen molar-refractivity contribution in [3.63, 3.8) is 0 Å². The molecule has 0 bridgehead atoms. The third kappa shape index (κ3) is 3.45. The summed E-state index contributed by atoms with van der Waals surface area (Å²) in [6, 6.07) is 6.07. The van der Waals surface area contributed by atoms with E-state index in [1.54, 1.807) is 13.0 Å². The first kappa shape index (κ1) is 14.3. The average molecular weight is 286 g/mol. The van der Waals surface area contributed by atoms with E-state index < -0.39 is 21.1 Å². The first-order valence-electron chi connectivity index (χ1n) is 6.38. The Morgan fingerprint density at radius 2 is 2.16 bits per heavy atom. The molecular formula is C13H19FN2O2S. The molecule has 1 aliphatic rings. The highest BCUT2D eigenvalue weighted by Gasteiger charge is 2.29. The van der Waals surface area contributed by atoms with Gasteiger partial charge in [-0.15, -0.1) is 0 Å². The first-order chi connectivity index (χ1) is 8.91. The molecule has 0 aliphatic heterocycles. The lowest BCUT2D eigenvalue weighted by Crippen LogP contribution is -2.40. The van der Waals surface area contributed by atoms with Crippen LogP contribution in [0.25, 0.3) is 0 Å². The minimum absolute atomic E-state index is 0.346. The fourth-order valence-corrected chi connectivity index (χ4v) is 3.07. The van der Waals surface area contributed by atoms with Crippen LogP contribution >= 0.6 is 0 Å². The Bertz CT molecular complexity index is 543. The van der Waals surface area contributed by atoms with Crippen LogP contribution in [0.15, 0.2) is 24.3 Å². The molecule has 6 heteroatoms. The van der Waals surface area contributed by atoms with Crippen LogP contribution in [0.4, 0.5) is 10.1 Å². The molecule has 2 rings (SSSR count). The Morgan fingerprint density at radius 3 is 2.74 bits per heavy atom. The fraction of sp³-hybridized carbons (Fsp3) is 0.538. The zero-order valence-electron chi connectivity index (χ0n) is 11.1. The molecule has 1 aromatic carbocycles. The summed E-state index contributed by atoms with van der Waals surface area (Å²) in [5.74, 6) is -0.441. The number of benzene rings is 1. The zero-order valence-corrected chi connectivity index (χ0v) is 12.0. The van der Waals surface area contributed by atoms with Gasteiger partial charge in [-0.05, 0) is 38.0 Å². The van der Waals surface area contributed by atoms with Gasteiger partial charge in [0.2, 0.25) is 10.0 Å². The molecule has 106 valence electrons. The highest BCUT2D eigenvalue weighted by atomic mass is 32.2. The van der Waals surface area contributed by atoms with Gasteiger partial charge >= 0.3 is 0 Å². The maximum Gasteiger partial charge on any atom is 0.238 e. The predicted molar refractivity (Wildman–Crippen MR) is 74.2 cm³/mol. The third-order valence-electron chi connectivity index (χ3n) is 3.33. The Hall–Kier alpha value is -1.14. The smallest absolute Gasteiger partial charge is 0.238 e. The molecule has 1 atom stereocenters. The van der Waals surface area contributed by atoms with Crippen molar-refractivity contribution in [3.8, 4) is 0 Å². The van der Waals surface area contributed by atoms with Crippen LogP contribution in [0.3, 0.4) is 0 Å². The Kier molecular flexibility index (Phi) is 4.10. The monoisotopic (exact) mass is 286 g/mol. The standard InChI is InChI=1S/C13H19FN2O2S/c1-10(9-15-12-6-7-12)19(17,18)16(2)13-5-3-4-11(14)8-13/h3-5,8,10,12,15H,6-7,9H2,1-2H3. The molecule has 1 fully saturated rings. The summed E-state index contributed by atoms with van der Waals surface area (Å²) in [5, 5.41) is 2.66. The maximum atomic E-state index is 13.1. The van der Waals surface area contributed by atoms with Crippen LogP contribution in [0.5, 0.6) is 0 Å². The lowest BCUT2D eigenvalue weighted by atomic mass is 10.3. The molecule has 19 heavy (non-hydrogen) atoms. The van der Waals surface area contributed by atoms with Crippen LogP contribution in [0, 0.1) is 5.82 Å². The minimum atomic E-state index is -3.47. The molecule has 0 amide bonds. The van der Waals surface area contributed by atoms with Gasteiger partial charge in [0.25, 0.3) is 0 Å². The van der Waals surface area contributed by atoms with Crippen LogP contribution in [0.2, 0.25) is 0 Å². The second kappa shape index (κ2) is 5.46. The summed E-state index contributed by atoms with van der Waals surface area (Å²) in [5.41, 5.74) is 0.346. The number of hydrogen-bond donors (Lipinski definition) is 1. The number of rotatable bonds is 6. The van der Waals surface area contributed by atoms with Gasteiger partial charge in [0.15, 0.2) is 0 Å². The summed E-state index contributed by atoms with van der Waals surface area (Å²) in [6.07, 6.45) is 2.24. The van der Waals surface area contributed by atoms with Gasteiger partial charge in [-0.25, -0.2) is 12.8 Å². The van der Waals surface area contributed by atoms with Crippen molar-refractivity contribution in [1.29, 1.82) is 0 Å². The van der Waals surface area contributed by atoms with E-state index >= 15 is 0 Å². The van der Waals surface area contributed by atoms with Crippen molar-refractivity contribution in [2.45, 2.75) is 31.1 Å². The molecule has 1 aromatic rings. The second-order valence-electron chi connectivity index (χ2n) is 4.99. The summed E-state index contributed by atoms with van der Waals surface area (Å²) in [4.78, 5) is 0. The predicted octanol–water partition coefficient (Wildman–Crippen LogP) is 1.73. The molecule has 0 heterocycles. The van der Waals surface area contributed by atoms with Gasteiger partial charge < -0.3 is 5.32 Å². The summed E-state index contributed by atoms with van der Waals surface area (Å²) >= 11 is 0. The van der Waals surface area contributed by atoms with Gasteiger partial charge in [-0.1, -0.05) is 6.07 Å². The average Bonchev–Trinajstić information content (AvgIpc) is 3.18. The molecule has 0 radical (unpaired) electrons. The molecule has 0 aromatic heterocycles. The van der Waals surface area contributed by atoms with Gasteiger partial charge in [0, 0.05) is 19.6 Å². The molecule has 1 aliphatic carbocycles. The van der Waals surface area contributed by atoms with E-state index in [0.717, 1.165) is 17.1 Å². The van der Waals surface area contributed by atoms with Crippen molar-refractivity contribution < 1.29 is 12.8 Å². The van der Waals surface area contributed by atoms with Crippen molar-refractivity contribution in [2.24, 2.45) is 0 Å². The molecule has 1 saturated carbocycles. The summed E-state index contributed by atoms with van der Waals surface area (Å²) < 4.78 is 39.0. The van der Waals surface area contributed by atoms with Crippen molar-refractivity contribution in [3.05, 3.63) is 30.1 Å². The first-order valence-corrected chi connectivity index (χ1v) is 7.88. The van der Waals surface area contributed by atoms with Crippen LogP contribution in [-0.2, 0) is 10.0 Å². The Labute approximate surface area is 113 Å². The summed E-state index contributed by atoms with van der Waals surface area (Å²) in [6.45, 7) is 2.09. The Balaban J connectivity index is 2.08. The number of sulfonamides is 1. The molecule has 1 unspecified atom stereocenters. The van der Waals surface area contributed by atoms with Gasteiger partial charge in [0.1, 0.15) is 5.82 Å². The Morgan fingerprint density at radius 1 is 1.47 bits per heavy atom. The molecule has 4 nitrogen and oxygen atoms in total. The van der Waals surface area contributed by atoms with E-state index in [4.69, 9.17) is 0 Å². The van der Waals surface area contributed by atoms with Gasteiger partial charge in [0.05, 0.1) is 10.9 Å². The largest absolute Gasteiger partial charge is 0.313 e. The SMILES string of the molecule is CC(CNC1CC1)S(=O)(=O)N(C)c1cccc(F)c1. The highest BCUT2D eigenvalue weighted by Crippen LogP contribution is 2.21. The highest BCUT2D eigenvalue weighted by molar-refractivity contribution is 7.93. The van der Waals surface area contributed by atoms with E-state index in [1.165, 1.54) is 25.2 Å².